The summed E-state index contributed by atoms with van der Waals surface area (Å²) in [7, 11) is 0. The summed E-state index contributed by atoms with van der Waals surface area (Å²) < 4.78 is 15.4. The fraction of sp³-hybridized carbons (Fsp3) is 0.0417. The van der Waals surface area contributed by atoms with Gasteiger partial charge in [-0.1, -0.05) is 48.2 Å². The van der Waals surface area contributed by atoms with Crippen LogP contribution in [0.1, 0.15) is 0 Å². The molecule has 0 saturated heterocycles. The van der Waals surface area contributed by atoms with E-state index in [1.807, 2.05) is 53.2 Å². The molecule has 0 aliphatic heterocycles. The van der Waals surface area contributed by atoms with E-state index >= 15 is 0 Å². The molecule has 1 N–H and O–H groups in total. The van der Waals surface area contributed by atoms with Crippen molar-refractivity contribution in [3.8, 4) is 16.1 Å². The van der Waals surface area contributed by atoms with Crippen molar-refractivity contribution in [3.63, 3.8) is 0 Å². The van der Waals surface area contributed by atoms with Gasteiger partial charge in [-0.05, 0) is 35.7 Å². The Kier molecular flexibility index (Phi) is 6.08. The van der Waals surface area contributed by atoms with Gasteiger partial charge in [-0.15, -0.1) is 22.7 Å². The maximum Gasteiger partial charge on any atom is 0.268 e. The third kappa shape index (κ3) is 4.35. The molecule has 3 heterocycles. The van der Waals surface area contributed by atoms with Crippen LogP contribution in [0, 0.1) is 5.82 Å². The molecular weight excluding hydrogens is 477 g/mol. The number of para-hydroxylation sites is 2. The van der Waals surface area contributed by atoms with Gasteiger partial charge < -0.3 is 5.32 Å². The predicted octanol–water partition coefficient (Wildman–Crippen LogP) is 6.05. The largest absolute Gasteiger partial charge is 0.323 e. The number of aromatic nitrogens is 2. The Morgan fingerprint density at radius 2 is 1.82 bits per heavy atom. The zero-order valence-corrected chi connectivity index (χ0v) is 19.5. The van der Waals surface area contributed by atoms with E-state index in [2.05, 4.69) is 5.32 Å². The van der Waals surface area contributed by atoms with Crippen molar-refractivity contribution in [3.05, 3.63) is 93.7 Å². The second kappa shape index (κ2) is 9.30. The zero-order valence-electron chi connectivity index (χ0n) is 17.0. The molecule has 33 heavy (non-hydrogen) atoms. The molecule has 0 aliphatic rings. The van der Waals surface area contributed by atoms with Gasteiger partial charge in [0.2, 0.25) is 5.91 Å². The molecule has 5 nitrogen and oxygen atoms in total. The molecule has 3 aromatic heterocycles. The molecule has 0 saturated carbocycles. The monoisotopic (exact) mass is 493 g/mol. The van der Waals surface area contributed by atoms with E-state index in [4.69, 9.17) is 4.98 Å². The molecule has 5 aromatic rings. The number of amides is 1. The first-order chi connectivity index (χ1) is 16.1. The van der Waals surface area contributed by atoms with Crippen LogP contribution in [0.2, 0.25) is 0 Å². The van der Waals surface area contributed by atoms with Gasteiger partial charge in [0.1, 0.15) is 10.6 Å². The van der Waals surface area contributed by atoms with Crippen molar-refractivity contribution < 1.29 is 9.18 Å². The number of hydrogen-bond donors (Lipinski definition) is 1. The molecule has 0 spiro atoms. The second-order valence-corrected chi connectivity index (χ2v) is 9.74. The summed E-state index contributed by atoms with van der Waals surface area (Å²) in [6, 6.07) is 19.1. The molecule has 0 atom stereocenters. The molecule has 9 heteroatoms. The van der Waals surface area contributed by atoms with Gasteiger partial charge in [0.05, 0.1) is 22.5 Å². The van der Waals surface area contributed by atoms with Crippen molar-refractivity contribution in [1.82, 2.24) is 9.55 Å². The van der Waals surface area contributed by atoms with Gasteiger partial charge in [-0.3, -0.25) is 14.2 Å². The number of halogens is 1. The molecule has 0 bridgehead atoms. The lowest BCUT2D eigenvalue weighted by molar-refractivity contribution is -0.113. The average Bonchev–Trinajstić information content (AvgIpc) is 3.50. The summed E-state index contributed by atoms with van der Waals surface area (Å²) in [6.07, 6.45) is 0. The lowest BCUT2D eigenvalue weighted by Gasteiger charge is -2.12. The van der Waals surface area contributed by atoms with Crippen LogP contribution < -0.4 is 10.9 Å². The normalized spacial score (nSPS) is 11.1. The average molecular weight is 494 g/mol. The SMILES string of the molecule is O=C(CSc1nc2scc(-c3cccs3)c2c(=O)n1-c1ccccc1)Nc1ccccc1F. The van der Waals surface area contributed by atoms with Crippen LogP contribution in [-0.2, 0) is 4.79 Å². The first kappa shape index (κ1) is 21.6. The van der Waals surface area contributed by atoms with Crippen molar-refractivity contribution in [2.24, 2.45) is 0 Å². The molecule has 5 rings (SSSR count). The number of fused-ring (bicyclic) bond motifs is 1. The first-order valence-electron chi connectivity index (χ1n) is 9.92. The van der Waals surface area contributed by atoms with Crippen molar-refractivity contribution in [2.75, 3.05) is 11.1 Å². The highest BCUT2D eigenvalue weighted by atomic mass is 32.2. The van der Waals surface area contributed by atoms with Crippen LogP contribution in [-0.4, -0.2) is 21.2 Å². The maximum atomic E-state index is 13.9. The summed E-state index contributed by atoms with van der Waals surface area (Å²) in [4.78, 5) is 32.5. The van der Waals surface area contributed by atoms with E-state index in [0.29, 0.717) is 21.1 Å². The van der Waals surface area contributed by atoms with E-state index in [9.17, 15) is 14.0 Å². The molecule has 0 radical (unpaired) electrons. The number of benzene rings is 2. The molecule has 2 aromatic carbocycles. The molecule has 164 valence electrons. The van der Waals surface area contributed by atoms with Gasteiger partial charge in [-0.25, -0.2) is 9.37 Å². The highest BCUT2D eigenvalue weighted by Gasteiger charge is 2.20. The Labute approximate surface area is 200 Å². The minimum absolute atomic E-state index is 0.0255. The van der Waals surface area contributed by atoms with Gasteiger partial charge in [0.25, 0.3) is 5.56 Å². The minimum Gasteiger partial charge on any atom is -0.323 e. The van der Waals surface area contributed by atoms with Crippen molar-refractivity contribution >= 4 is 56.2 Å². The molecule has 0 fully saturated rings. The number of thiophene rings is 2. The number of hydrogen-bond acceptors (Lipinski definition) is 6. The van der Waals surface area contributed by atoms with E-state index < -0.39 is 5.82 Å². The van der Waals surface area contributed by atoms with Crippen LogP contribution in [0.25, 0.3) is 26.3 Å². The van der Waals surface area contributed by atoms with Crippen LogP contribution >= 0.6 is 34.4 Å². The zero-order chi connectivity index (χ0) is 22.8. The summed E-state index contributed by atoms with van der Waals surface area (Å²) >= 11 is 4.11. The fourth-order valence-electron chi connectivity index (χ4n) is 3.37. The highest BCUT2D eigenvalue weighted by Crippen LogP contribution is 2.35. The summed E-state index contributed by atoms with van der Waals surface area (Å²) in [5.41, 5.74) is 1.46. The fourth-order valence-corrected chi connectivity index (χ4v) is 5.98. The van der Waals surface area contributed by atoms with E-state index in [1.165, 1.54) is 28.0 Å². The highest BCUT2D eigenvalue weighted by molar-refractivity contribution is 7.99. The smallest absolute Gasteiger partial charge is 0.268 e. The minimum atomic E-state index is -0.503. The first-order valence-corrected chi connectivity index (χ1v) is 12.7. The van der Waals surface area contributed by atoms with Crippen LogP contribution in [0.3, 0.4) is 0 Å². The van der Waals surface area contributed by atoms with Crippen LogP contribution in [0.15, 0.2) is 87.4 Å². The predicted molar refractivity (Wildman–Crippen MR) is 134 cm³/mol. The van der Waals surface area contributed by atoms with Gasteiger partial charge >= 0.3 is 0 Å². The summed E-state index contributed by atoms with van der Waals surface area (Å²) in [6.45, 7) is 0. The Morgan fingerprint density at radius 3 is 2.58 bits per heavy atom. The topological polar surface area (TPSA) is 64.0 Å². The third-order valence-corrected chi connectivity index (χ3v) is 7.57. The van der Waals surface area contributed by atoms with E-state index in [0.717, 1.165) is 22.2 Å². The lowest BCUT2D eigenvalue weighted by Crippen LogP contribution is -2.22. The molecular formula is C24H16FN3O2S3. The number of thioether (sulfide) groups is 1. The quantitative estimate of drug-likeness (QED) is 0.231. The van der Waals surface area contributed by atoms with Gasteiger partial charge in [0, 0.05) is 15.8 Å². The summed E-state index contributed by atoms with van der Waals surface area (Å²) in [5, 5.41) is 7.45. The Morgan fingerprint density at radius 1 is 1.03 bits per heavy atom. The number of nitrogens with zero attached hydrogens (tertiary/aromatic N) is 2. The van der Waals surface area contributed by atoms with Crippen molar-refractivity contribution in [1.29, 1.82) is 0 Å². The number of anilines is 1. The van der Waals surface area contributed by atoms with E-state index in [1.54, 1.807) is 23.5 Å². The third-order valence-electron chi connectivity index (χ3n) is 4.86. The van der Waals surface area contributed by atoms with Crippen LogP contribution in [0.4, 0.5) is 10.1 Å². The number of rotatable bonds is 6. The maximum absolute atomic E-state index is 13.9. The lowest BCUT2D eigenvalue weighted by atomic mass is 10.2. The Bertz CT molecular complexity index is 1490. The van der Waals surface area contributed by atoms with Gasteiger partial charge in [-0.2, -0.15) is 0 Å². The van der Waals surface area contributed by atoms with Crippen LogP contribution in [0.5, 0.6) is 0 Å². The molecule has 1 amide bonds. The summed E-state index contributed by atoms with van der Waals surface area (Å²) in [5.74, 6) is -0.914. The van der Waals surface area contributed by atoms with E-state index in [-0.39, 0.29) is 22.9 Å². The van der Waals surface area contributed by atoms with Gasteiger partial charge in [0.15, 0.2) is 5.16 Å². The number of carbonyl (C=O) groups excluding carboxylic acids is 1. The number of nitrogens with one attached hydrogen (secondary N) is 1. The molecule has 0 aliphatic carbocycles. The standard InChI is InChI=1S/C24H16FN3O2S3/c25-17-9-4-5-10-18(17)26-20(29)14-33-24-27-22-21(16(13-32-22)19-11-6-12-31-19)23(30)28(24)15-7-2-1-3-8-15/h1-13H,14H2,(H,26,29). The Hall–Kier alpha value is -3.27. The van der Waals surface area contributed by atoms with Crippen molar-refractivity contribution in [2.45, 2.75) is 5.16 Å². The number of carbonyl (C=O) groups is 1. The Balaban J connectivity index is 1.53. The second-order valence-electron chi connectivity index (χ2n) is 6.99. The molecule has 0 unspecified atom stereocenters.